The Bertz CT molecular complexity index is 343. The number of halogens is 1. The molecule has 1 heterocycles. The van der Waals surface area contributed by atoms with Crippen LogP contribution in [0.15, 0.2) is 6.20 Å². The van der Waals surface area contributed by atoms with Crippen LogP contribution in [0.25, 0.3) is 0 Å². The molecule has 0 unspecified atom stereocenters. The summed E-state index contributed by atoms with van der Waals surface area (Å²) in [5.74, 6) is 0.954. The highest BCUT2D eigenvalue weighted by Crippen LogP contribution is 2.07. The molecule has 0 N–H and O–H groups in total. The Kier molecular flexibility index (Phi) is 5.58. The van der Waals surface area contributed by atoms with Gasteiger partial charge in [-0.15, -0.1) is 0 Å². The molecular formula is C8H11IN2O3S. The molecule has 0 bridgehead atoms. The molecule has 84 valence electrons. The van der Waals surface area contributed by atoms with Gasteiger partial charge in [-0.05, 0) is 22.6 Å². The van der Waals surface area contributed by atoms with Gasteiger partial charge in [0.2, 0.25) is 5.78 Å². The highest BCUT2D eigenvalue weighted by atomic mass is 127. The van der Waals surface area contributed by atoms with Gasteiger partial charge in [-0.1, -0.05) is 6.92 Å². The van der Waals surface area contributed by atoms with E-state index in [4.69, 9.17) is 4.89 Å². The number of Topliss-reactive ketones (excluding diaryl/α,β-unsaturated/α-hetero) is 1. The van der Waals surface area contributed by atoms with Crippen LogP contribution >= 0.6 is 34.6 Å². The SMILES string of the molecule is CCSOOCC(=O)c1ncc(I)n1C. The molecule has 7 heteroatoms. The molecule has 0 fully saturated rings. The number of hydrogen-bond acceptors (Lipinski definition) is 5. The summed E-state index contributed by atoms with van der Waals surface area (Å²) in [6, 6.07) is 0. The van der Waals surface area contributed by atoms with Gasteiger partial charge in [-0.25, -0.2) is 9.87 Å². The summed E-state index contributed by atoms with van der Waals surface area (Å²) >= 11 is 3.25. The first-order chi connectivity index (χ1) is 7.16. The molecule has 1 aromatic heterocycles. The third kappa shape index (κ3) is 3.74. The molecule has 0 saturated carbocycles. The maximum atomic E-state index is 11.5. The third-order valence-electron chi connectivity index (χ3n) is 1.58. The van der Waals surface area contributed by atoms with Crippen LogP contribution in [0.4, 0.5) is 0 Å². The highest BCUT2D eigenvalue weighted by molar-refractivity contribution is 14.1. The van der Waals surface area contributed by atoms with E-state index in [0.29, 0.717) is 5.82 Å². The van der Waals surface area contributed by atoms with Crippen molar-refractivity contribution in [2.75, 3.05) is 12.4 Å². The maximum absolute atomic E-state index is 11.5. The molecule has 5 nitrogen and oxygen atoms in total. The van der Waals surface area contributed by atoms with Crippen molar-refractivity contribution in [3.8, 4) is 0 Å². The quantitative estimate of drug-likeness (QED) is 0.197. The van der Waals surface area contributed by atoms with Crippen molar-refractivity contribution in [2.24, 2.45) is 7.05 Å². The Morgan fingerprint density at radius 1 is 1.73 bits per heavy atom. The lowest BCUT2D eigenvalue weighted by atomic mass is 10.4. The first-order valence-electron chi connectivity index (χ1n) is 4.28. The van der Waals surface area contributed by atoms with Gasteiger partial charge < -0.3 is 4.57 Å². The lowest BCUT2D eigenvalue weighted by molar-refractivity contribution is -0.178. The van der Waals surface area contributed by atoms with Crippen LogP contribution in [0.5, 0.6) is 0 Å². The van der Waals surface area contributed by atoms with Gasteiger partial charge in [0, 0.05) is 24.8 Å². The smallest absolute Gasteiger partial charge is 0.227 e. The van der Waals surface area contributed by atoms with Crippen molar-refractivity contribution in [1.82, 2.24) is 9.55 Å². The Labute approximate surface area is 106 Å². The summed E-state index contributed by atoms with van der Waals surface area (Å²) in [5, 5.41) is 0. The molecule has 0 amide bonds. The number of imidazole rings is 1. The number of nitrogens with zero attached hydrogens (tertiary/aromatic N) is 2. The number of carbonyl (C=O) groups excluding carboxylic acids is 1. The lowest BCUT2D eigenvalue weighted by Crippen LogP contribution is -2.14. The summed E-state index contributed by atoms with van der Waals surface area (Å²) in [6.07, 6.45) is 1.63. The molecule has 0 radical (unpaired) electrons. The summed E-state index contributed by atoms with van der Waals surface area (Å²) < 4.78 is 7.29. The van der Waals surface area contributed by atoms with E-state index in [1.165, 1.54) is 0 Å². The van der Waals surface area contributed by atoms with Gasteiger partial charge in [0.1, 0.15) is 6.61 Å². The largest absolute Gasteiger partial charge is 0.320 e. The fourth-order valence-corrected chi connectivity index (χ4v) is 1.45. The molecule has 1 rings (SSSR count). The topological polar surface area (TPSA) is 53.4 Å². The second-order valence-electron chi connectivity index (χ2n) is 2.62. The molecule has 15 heavy (non-hydrogen) atoms. The van der Waals surface area contributed by atoms with E-state index in [1.54, 1.807) is 17.8 Å². The number of aromatic nitrogens is 2. The molecule has 0 aliphatic heterocycles. The number of rotatable bonds is 6. The zero-order valence-electron chi connectivity index (χ0n) is 8.40. The van der Waals surface area contributed by atoms with E-state index in [2.05, 4.69) is 31.9 Å². The second kappa shape index (κ2) is 6.46. The van der Waals surface area contributed by atoms with Crippen LogP contribution in [0.2, 0.25) is 0 Å². The Morgan fingerprint density at radius 2 is 2.47 bits per heavy atom. The average molecular weight is 342 g/mol. The van der Waals surface area contributed by atoms with Crippen LogP contribution in [-0.4, -0.2) is 27.7 Å². The van der Waals surface area contributed by atoms with E-state index in [1.807, 2.05) is 6.92 Å². The highest BCUT2D eigenvalue weighted by Gasteiger charge is 2.13. The Balaban J connectivity index is 2.44. The first-order valence-corrected chi connectivity index (χ1v) is 6.27. The second-order valence-corrected chi connectivity index (χ2v) is 4.68. The minimum absolute atomic E-state index is 0.117. The molecule has 0 atom stereocenters. The third-order valence-corrected chi connectivity index (χ3v) is 3.02. The molecule has 1 aromatic rings. The first kappa shape index (κ1) is 12.9. The predicted molar refractivity (Wildman–Crippen MR) is 65.4 cm³/mol. The van der Waals surface area contributed by atoms with Crippen molar-refractivity contribution < 1.29 is 14.0 Å². The van der Waals surface area contributed by atoms with Crippen LogP contribution in [0.3, 0.4) is 0 Å². The van der Waals surface area contributed by atoms with Crippen molar-refractivity contribution in [2.45, 2.75) is 6.92 Å². The Morgan fingerprint density at radius 3 is 3.00 bits per heavy atom. The molecular weight excluding hydrogens is 331 g/mol. The minimum atomic E-state index is -0.197. The summed E-state index contributed by atoms with van der Waals surface area (Å²) in [4.78, 5) is 20.2. The molecule has 0 spiro atoms. The molecule has 0 aliphatic rings. The molecule has 0 aliphatic carbocycles. The van der Waals surface area contributed by atoms with Crippen molar-refractivity contribution in [1.29, 1.82) is 0 Å². The van der Waals surface area contributed by atoms with Gasteiger partial charge in [-0.3, -0.25) is 4.79 Å². The van der Waals surface area contributed by atoms with Crippen molar-refractivity contribution >= 4 is 40.4 Å². The van der Waals surface area contributed by atoms with E-state index in [-0.39, 0.29) is 12.4 Å². The maximum Gasteiger partial charge on any atom is 0.227 e. The van der Waals surface area contributed by atoms with Crippen LogP contribution < -0.4 is 0 Å². The zero-order valence-corrected chi connectivity index (χ0v) is 11.4. The van der Waals surface area contributed by atoms with Crippen LogP contribution in [-0.2, 0) is 16.3 Å². The monoisotopic (exact) mass is 342 g/mol. The number of hydrogen-bond donors (Lipinski definition) is 0. The van der Waals surface area contributed by atoms with Crippen molar-refractivity contribution in [3.05, 3.63) is 15.7 Å². The standard InChI is InChI=1S/C8H11IN2O3S/c1-3-15-14-13-5-6(12)8-10-4-7(9)11(8)2/h4H,3,5H2,1-2H3. The predicted octanol–water partition coefficient (Wildman–Crippen LogP) is 1.82. The minimum Gasteiger partial charge on any atom is -0.320 e. The van der Waals surface area contributed by atoms with E-state index in [9.17, 15) is 4.79 Å². The van der Waals surface area contributed by atoms with Gasteiger partial charge in [0.25, 0.3) is 0 Å². The number of carbonyl (C=O) groups is 1. The van der Waals surface area contributed by atoms with Crippen LogP contribution in [0, 0.1) is 3.70 Å². The number of ketones is 1. The van der Waals surface area contributed by atoms with Gasteiger partial charge in [-0.2, -0.15) is 4.33 Å². The Hall–Kier alpha value is -0.120. The van der Waals surface area contributed by atoms with Gasteiger partial charge in [0.05, 0.1) is 9.90 Å². The molecule has 0 saturated heterocycles. The zero-order chi connectivity index (χ0) is 11.3. The fourth-order valence-electron chi connectivity index (χ4n) is 0.872. The van der Waals surface area contributed by atoms with E-state index < -0.39 is 0 Å². The van der Waals surface area contributed by atoms with E-state index >= 15 is 0 Å². The average Bonchev–Trinajstić information content (AvgIpc) is 2.55. The molecule has 0 aromatic carbocycles. The van der Waals surface area contributed by atoms with Crippen LogP contribution in [0.1, 0.15) is 17.5 Å². The summed E-state index contributed by atoms with van der Waals surface area (Å²) in [5.41, 5.74) is 0. The summed E-state index contributed by atoms with van der Waals surface area (Å²) in [6.45, 7) is 1.81. The summed E-state index contributed by atoms with van der Waals surface area (Å²) in [7, 11) is 1.78. The van der Waals surface area contributed by atoms with E-state index in [0.717, 1.165) is 21.5 Å². The van der Waals surface area contributed by atoms with Gasteiger partial charge in [0.15, 0.2) is 5.82 Å². The van der Waals surface area contributed by atoms with Gasteiger partial charge >= 0.3 is 0 Å². The lowest BCUT2D eigenvalue weighted by Gasteiger charge is -2.01. The van der Waals surface area contributed by atoms with Crippen molar-refractivity contribution in [3.63, 3.8) is 0 Å². The normalized spacial score (nSPS) is 10.6. The fraction of sp³-hybridized carbons (Fsp3) is 0.500.